The van der Waals surface area contributed by atoms with E-state index in [1.807, 2.05) is 24.3 Å². The second kappa shape index (κ2) is 6.31. The first-order valence-electron chi connectivity index (χ1n) is 7.81. The van der Waals surface area contributed by atoms with Crippen LogP contribution in [0.3, 0.4) is 0 Å². The smallest absolute Gasteiger partial charge is 0.232 e. The minimum absolute atomic E-state index is 0.00578. The number of amides is 1. The molecule has 0 unspecified atom stereocenters. The maximum Gasteiger partial charge on any atom is 0.232 e. The Balaban J connectivity index is 1.58. The number of anilines is 1. The summed E-state index contributed by atoms with van der Waals surface area (Å²) in [5.74, 6) is 1.27. The summed E-state index contributed by atoms with van der Waals surface area (Å²) in [5, 5.41) is 11.7. The molecule has 0 aliphatic carbocycles. The number of para-hydroxylation sites is 2. The van der Waals surface area contributed by atoms with E-state index in [0.717, 1.165) is 5.69 Å². The maximum atomic E-state index is 12.5. The lowest BCUT2D eigenvalue weighted by Crippen LogP contribution is -2.24. The average molecular weight is 337 g/mol. The molecule has 126 valence electrons. The fourth-order valence-corrected chi connectivity index (χ4v) is 2.88. The minimum atomic E-state index is -0.171. The molecule has 0 radical (unpaired) electrons. The van der Waals surface area contributed by atoms with Gasteiger partial charge in [0, 0.05) is 19.2 Å². The van der Waals surface area contributed by atoms with Crippen LogP contribution in [0, 0.1) is 0 Å². The predicted octanol–water partition coefficient (Wildman–Crippen LogP) is 2.06. The summed E-state index contributed by atoms with van der Waals surface area (Å²) in [4.78, 5) is 18.5. The van der Waals surface area contributed by atoms with Gasteiger partial charge in [-0.1, -0.05) is 17.3 Å². The van der Waals surface area contributed by atoms with Gasteiger partial charge in [0.1, 0.15) is 11.4 Å². The van der Waals surface area contributed by atoms with E-state index >= 15 is 0 Å². The Bertz CT molecular complexity index is 896. The van der Waals surface area contributed by atoms with Crippen LogP contribution in [0.4, 0.5) is 5.69 Å². The van der Waals surface area contributed by atoms with Gasteiger partial charge >= 0.3 is 0 Å². The molecule has 8 heteroatoms. The molecule has 3 heterocycles. The molecule has 2 aromatic heterocycles. The quantitative estimate of drug-likeness (QED) is 0.719. The van der Waals surface area contributed by atoms with Gasteiger partial charge in [0.2, 0.25) is 17.6 Å². The van der Waals surface area contributed by atoms with Crippen molar-refractivity contribution in [1.82, 2.24) is 20.3 Å². The second-order valence-electron chi connectivity index (χ2n) is 5.64. The Morgan fingerprint density at radius 2 is 2.12 bits per heavy atom. The molecule has 1 aromatic carbocycles. The number of hydrogen-bond acceptors (Lipinski definition) is 7. The van der Waals surface area contributed by atoms with Crippen molar-refractivity contribution in [3.63, 3.8) is 0 Å². The first-order chi connectivity index (χ1) is 12.3. The molecule has 25 heavy (non-hydrogen) atoms. The van der Waals surface area contributed by atoms with E-state index in [1.165, 1.54) is 0 Å². The van der Waals surface area contributed by atoms with Crippen molar-refractivity contribution in [1.29, 1.82) is 0 Å². The van der Waals surface area contributed by atoms with E-state index < -0.39 is 0 Å². The number of benzene rings is 1. The fraction of sp³-hybridized carbons (Fsp3) is 0.235. The monoisotopic (exact) mass is 337 g/mol. The van der Waals surface area contributed by atoms with E-state index in [9.17, 15) is 4.79 Å². The highest BCUT2D eigenvalue weighted by Crippen LogP contribution is 2.36. The van der Waals surface area contributed by atoms with Crippen molar-refractivity contribution >= 4 is 11.6 Å². The van der Waals surface area contributed by atoms with E-state index in [4.69, 9.17) is 9.26 Å². The van der Waals surface area contributed by atoms with Crippen LogP contribution in [-0.2, 0) is 4.79 Å². The van der Waals surface area contributed by atoms with Gasteiger partial charge in [-0.05, 0) is 24.3 Å². The lowest BCUT2D eigenvalue weighted by molar-refractivity contribution is -0.117. The molecular formula is C17H15N5O3. The van der Waals surface area contributed by atoms with Crippen molar-refractivity contribution in [3.8, 4) is 17.3 Å². The highest BCUT2D eigenvalue weighted by Gasteiger charge is 2.36. The van der Waals surface area contributed by atoms with E-state index in [1.54, 1.807) is 30.3 Å². The van der Waals surface area contributed by atoms with E-state index in [-0.39, 0.29) is 11.8 Å². The van der Waals surface area contributed by atoms with Crippen LogP contribution in [0.25, 0.3) is 11.5 Å². The molecule has 1 amide bonds. The number of carbonyl (C=O) groups is 1. The first kappa shape index (κ1) is 15.3. The van der Waals surface area contributed by atoms with Gasteiger partial charge < -0.3 is 14.2 Å². The van der Waals surface area contributed by atoms with Crippen LogP contribution in [0.2, 0.25) is 0 Å². The van der Waals surface area contributed by atoms with Crippen LogP contribution >= 0.6 is 0 Å². The summed E-state index contributed by atoms with van der Waals surface area (Å²) in [6.07, 6.45) is 1.88. The van der Waals surface area contributed by atoms with Crippen LogP contribution in [-0.4, -0.2) is 39.9 Å². The number of ether oxygens (including phenoxy) is 1. The van der Waals surface area contributed by atoms with Gasteiger partial charge in [0.05, 0.1) is 18.7 Å². The van der Waals surface area contributed by atoms with Crippen molar-refractivity contribution in [2.24, 2.45) is 0 Å². The Morgan fingerprint density at radius 3 is 2.92 bits per heavy atom. The molecule has 1 fully saturated rings. The Labute approximate surface area is 143 Å². The predicted molar refractivity (Wildman–Crippen MR) is 88.0 cm³/mol. The van der Waals surface area contributed by atoms with Crippen molar-refractivity contribution in [2.45, 2.75) is 12.3 Å². The van der Waals surface area contributed by atoms with Gasteiger partial charge in [0.25, 0.3) is 0 Å². The molecule has 0 N–H and O–H groups in total. The molecule has 0 spiro atoms. The number of hydrogen-bond donors (Lipinski definition) is 0. The average Bonchev–Trinajstić information content (AvgIpc) is 3.29. The third-order valence-electron chi connectivity index (χ3n) is 4.09. The molecule has 1 aliphatic heterocycles. The second-order valence-corrected chi connectivity index (χ2v) is 5.64. The minimum Gasteiger partial charge on any atom is -0.495 e. The highest BCUT2D eigenvalue weighted by molar-refractivity contribution is 5.97. The summed E-state index contributed by atoms with van der Waals surface area (Å²) in [5.41, 5.74) is 1.27. The van der Waals surface area contributed by atoms with Gasteiger partial charge in [-0.15, -0.1) is 5.10 Å². The van der Waals surface area contributed by atoms with E-state index in [2.05, 4.69) is 20.3 Å². The van der Waals surface area contributed by atoms with Gasteiger partial charge in [-0.2, -0.15) is 10.1 Å². The molecule has 1 saturated heterocycles. The zero-order valence-electron chi connectivity index (χ0n) is 13.5. The van der Waals surface area contributed by atoms with Crippen LogP contribution in [0.5, 0.6) is 5.75 Å². The summed E-state index contributed by atoms with van der Waals surface area (Å²) in [6, 6.07) is 10.9. The van der Waals surface area contributed by atoms with E-state index in [0.29, 0.717) is 36.1 Å². The third-order valence-corrected chi connectivity index (χ3v) is 4.09. The largest absolute Gasteiger partial charge is 0.495 e. The lowest BCUT2D eigenvalue weighted by Gasteiger charge is -2.18. The molecular weight excluding hydrogens is 322 g/mol. The maximum absolute atomic E-state index is 12.5. The van der Waals surface area contributed by atoms with Gasteiger partial charge in [0.15, 0.2) is 0 Å². The van der Waals surface area contributed by atoms with Crippen molar-refractivity contribution in [3.05, 3.63) is 48.5 Å². The molecule has 1 aliphatic rings. The summed E-state index contributed by atoms with van der Waals surface area (Å²) in [6.45, 7) is 0.460. The zero-order valence-corrected chi connectivity index (χ0v) is 13.5. The standard InChI is InChI=1S/C17H15N5O3/c1-24-14-7-3-2-6-13(14)22-10-11(9-15(22)23)17-19-16(21-25-17)12-5-4-8-18-20-12/h2-8,11H,9-10H2,1H3/t11-/m1/s1. The van der Waals surface area contributed by atoms with Gasteiger partial charge in [-0.25, -0.2) is 0 Å². The Hall–Kier alpha value is -3.29. The lowest BCUT2D eigenvalue weighted by atomic mass is 10.1. The molecule has 0 saturated carbocycles. The summed E-state index contributed by atoms with van der Waals surface area (Å²) < 4.78 is 10.7. The normalized spacial score (nSPS) is 17.1. The first-order valence-corrected chi connectivity index (χ1v) is 7.81. The molecule has 8 nitrogen and oxygen atoms in total. The number of methoxy groups -OCH3 is 1. The molecule has 4 rings (SSSR count). The highest BCUT2D eigenvalue weighted by atomic mass is 16.5. The molecule has 0 bridgehead atoms. The van der Waals surface area contributed by atoms with Crippen molar-refractivity contribution in [2.75, 3.05) is 18.6 Å². The number of aromatic nitrogens is 4. The summed E-state index contributed by atoms with van der Waals surface area (Å²) >= 11 is 0. The van der Waals surface area contributed by atoms with Crippen LogP contribution in [0.1, 0.15) is 18.2 Å². The number of nitrogens with zero attached hydrogens (tertiary/aromatic N) is 5. The fourth-order valence-electron chi connectivity index (χ4n) is 2.88. The van der Waals surface area contributed by atoms with Crippen molar-refractivity contribution < 1.29 is 14.1 Å². The van der Waals surface area contributed by atoms with Crippen LogP contribution < -0.4 is 9.64 Å². The molecule has 1 atom stereocenters. The topological polar surface area (TPSA) is 94.2 Å². The van der Waals surface area contributed by atoms with Gasteiger partial charge in [-0.3, -0.25) is 4.79 Å². The Morgan fingerprint density at radius 1 is 1.24 bits per heavy atom. The third kappa shape index (κ3) is 2.82. The zero-order chi connectivity index (χ0) is 17.2. The Kier molecular flexibility index (Phi) is 3.85. The summed E-state index contributed by atoms with van der Waals surface area (Å²) in [7, 11) is 1.59. The number of rotatable bonds is 4. The molecule has 3 aromatic rings. The number of carbonyl (C=O) groups excluding carboxylic acids is 1. The van der Waals surface area contributed by atoms with Crippen LogP contribution in [0.15, 0.2) is 47.1 Å². The SMILES string of the molecule is COc1ccccc1N1C[C@H](c2nc(-c3cccnn3)no2)CC1=O.